The number of nitrogens with two attached hydrogens (primary N) is 1. The Hall–Kier alpha value is -1.29. The largest absolute Gasteiger partial charge is 0.462 e. The van der Waals surface area contributed by atoms with Gasteiger partial charge in [-0.3, -0.25) is 0 Å². The number of rotatable bonds is 2. The van der Waals surface area contributed by atoms with Crippen LogP contribution < -0.4 is 5.73 Å². The molecule has 0 aliphatic rings. The number of nitrogen functional groups attached to an aromatic ring is 1. The molecule has 0 bridgehead atoms. The minimum atomic E-state index is -0.658. The molecule has 0 atom stereocenters. The second-order valence-electron chi connectivity index (χ2n) is 2.97. The molecule has 15 heavy (non-hydrogen) atoms. The molecule has 0 aliphatic carbocycles. The third-order valence-corrected chi connectivity index (χ3v) is 2.31. The van der Waals surface area contributed by atoms with E-state index in [4.69, 9.17) is 22.1 Å². The van der Waals surface area contributed by atoms with Crippen LogP contribution in [0.15, 0.2) is 6.07 Å². The van der Waals surface area contributed by atoms with Crippen molar-refractivity contribution in [3.8, 4) is 0 Å². The highest BCUT2D eigenvalue weighted by Crippen LogP contribution is 2.28. The Morgan fingerprint density at radius 3 is 2.80 bits per heavy atom. The van der Waals surface area contributed by atoms with Crippen LogP contribution in [0.25, 0.3) is 0 Å². The maximum atomic E-state index is 13.3. The predicted octanol–water partition coefficient (Wildman–Crippen LogP) is 2.55. The summed E-state index contributed by atoms with van der Waals surface area (Å²) in [4.78, 5) is 11.5. The fourth-order valence-electron chi connectivity index (χ4n) is 1.20. The Labute approximate surface area is 92.0 Å². The van der Waals surface area contributed by atoms with Gasteiger partial charge in [0.05, 0.1) is 22.9 Å². The standard InChI is InChI=1S/C10H11ClFNO2/c1-3-15-10(14)8-5(2)7(12)4-6(11)9(8)13/h4H,3,13H2,1-2H3. The number of benzene rings is 1. The number of hydrogen-bond acceptors (Lipinski definition) is 3. The van der Waals surface area contributed by atoms with Crippen LogP contribution in [-0.4, -0.2) is 12.6 Å². The molecule has 1 aromatic rings. The number of hydrogen-bond donors (Lipinski definition) is 1. The number of ether oxygens (including phenoxy) is 1. The summed E-state index contributed by atoms with van der Waals surface area (Å²) >= 11 is 5.66. The van der Waals surface area contributed by atoms with Crippen molar-refractivity contribution in [1.29, 1.82) is 0 Å². The highest BCUT2D eigenvalue weighted by Gasteiger charge is 2.19. The molecule has 2 N–H and O–H groups in total. The molecule has 1 aromatic carbocycles. The van der Waals surface area contributed by atoms with E-state index in [9.17, 15) is 9.18 Å². The van der Waals surface area contributed by atoms with Gasteiger partial charge < -0.3 is 10.5 Å². The summed E-state index contributed by atoms with van der Waals surface area (Å²) in [6, 6.07) is 1.08. The number of carbonyl (C=O) groups excluding carboxylic acids is 1. The van der Waals surface area contributed by atoms with Crippen LogP contribution in [0.4, 0.5) is 10.1 Å². The lowest BCUT2D eigenvalue weighted by Crippen LogP contribution is -2.11. The van der Waals surface area contributed by atoms with Gasteiger partial charge in [-0.25, -0.2) is 9.18 Å². The van der Waals surface area contributed by atoms with Crippen molar-refractivity contribution in [2.24, 2.45) is 0 Å². The zero-order valence-electron chi connectivity index (χ0n) is 8.43. The van der Waals surface area contributed by atoms with Gasteiger partial charge in [-0.15, -0.1) is 0 Å². The highest BCUT2D eigenvalue weighted by molar-refractivity contribution is 6.34. The van der Waals surface area contributed by atoms with E-state index >= 15 is 0 Å². The van der Waals surface area contributed by atoms with E-state index in [1.165, 1.54) is 6.92 Å². The summed E-state index contributed by atoms with van der Waals surface area (Å²) in [5.74, 6) is -1.23. The van der Waals surface area contributed by atoms with Crippen molar-refractivity contribution in [1.82, 2.24) is 0 Å². The summed E-state index contributed by atoms with van der Waals surface area (Å²) in [5, 5.41) is 0.0150. The fraction of sp³-hybridized carbons (Fsp3) is 0.300. The van der Waals surface area contributed by atoms with Gasteiger partial charge in [0, 0.05) is 5.56 Å². The highest BCUT2D eigenvalue weighted by atomic mass is 35.5. The van der Waals surface area contributed by atoms with Crippen molar-refractivity contribution >= 4 is 23.3 Å². The molecule has 82 valence electrons. The van der Waals surface area contributed by atoms with E-state index < -0.39 is 11.8 Å². The molecule has 0 fully saturated rings. The first-order valence-corrected chi connectivity index (χ1v) is 4.78. The second kappa shape index (κ2) is 4.49. The molecule has 0 aromatic heterocycles. The summed E-state index contributed by atoms with van der Waals surface area (Å²) in [6.45, 7) is 3.31. The number of halogens is 2. The molecule has 0 saturated heterocycles. The second-order valence-corrected chi connectivity index (χ2v) is 3.38. The summed E-state index contributed by atoms with van der Waals surface area (Å²) in [6.07, 6.45) is 0. The molecule has 0 radical (unpaired) electrons. The third kappa shape index (κ3) is 2.21. The molecule has 0 unspecified atom stereocenters. The SMILES string of the molecule is CCOC(=O)c1c(C)c(F)cc(Cl)c1N. The van der Waals surface area contributed by atoms with Gasteiger partial charge in [0.25, 0.3) is 0 Å². The Morgan fingerprint density at radius 2 is 2.27 bits per heavy atom. The zero-order chi connectivity index (χ0) is 11.6. The Balaban J connectivity index is 3.32. The van der Waals surface area contributed by atoms with Gasteiger partial charge in [-0.2, -0.15) is 0 Å². The van der Waals surface area contributed by atoms with E-state index in [1.807, 2.05) is 0 Å². The Kier molecular flexibility index (Phi) is 3.52. The van der Waals surface area contributed by atoms with Crippen LogP contribution in [0.3, 0.4) is 0 Å². The summed E-state index contributed by atoms with van der Waals surface area (Å²) in [5.41, 5.74) is 5.78. The van der Waals surface area contributed by atoms with Gasteiger partial charge in [0.2, 0.25) is 0 Å². The zero-order valence-corrected chi connectivity index (χ0v) is 9.19. The predicted molar refractivity (Wildman–Crippen MR) is 56.5 cm³/mol. The normalized spacial score (nSPS) is 10.1. The van der Waals surface area contributed by atoms with Crippen LogP contribution >= 0.6 is 11.6 Å². The maximum Gasteiger partial charge on any atom is 0.340 e. The van der Waals surface area contributed by atoms with Gasteiger partial charge in [-0.05, 0) is 19.9 Å². The third-order valence-electron chi connectivity index (χ3n) is 1.99. The molecule has 0 aliphatic heterocycles. The van der Waals surface area contributed by atoms with Gasteiger partial charge >= 0.3 is 5.97 Å². The first kappa shape index (κ1) is 11.8. The number of anilines is 1. The van der Waals surface area contributed by atoms with E-state index in [2.05, 4.69) is 0 Å². The molecule has 3 nitrogen and oxygen atoms in total. The van der Waals surface area contributed by atoms with E-state index in [0.29, 0.717) is 0 Å². The van der Waals surface area contributed by atoms with E-state index in [0.717, 1.165) is 6.07 Å². The maximum absolute atomic E-state index is 13.3. The Bertz CT molecular complexity index is 381. The van der Waals surface area contributed by atoms with Crippen LogP contribution in [0, 0.1) is 12.7 Å². The quantitative estimate of drug-likeness (QED) is 0.629. The van der Waals surface area contributed by atoms with Crippen LogP contribution in [0.5, 0.6) is 0 Å². The average molecular weight is 232 g/mol. The minimum absolute atomic E-state index is 0.00171. The minimum Gasteiger partial charge on any atom is -0.462 e. The van der Waals surface area contributed by atoms with Crippen LogP contribution in [0.1, 0.15) is 22.8 Å². The first-order chi connectivity index (χ1) is 6.99. The smallest absolute Gasteiger partial charge is 0.340 e. The average Bonchev–Trinajstić information content (AvgIpc) is 2.16. The van der Waals surface area contributed by atoms with Crippen molar-refractivity contribution in [2.45, 2.75) is 13.8 Å². The Morgan fingerprint density at radius 1 is 1.67 bits per heavy atom. The van der Waals surface area contributed by atoms with Crippen LogP contribution in [0.2, 0.25) is 5.02 Å². The molecular weight excluding hydrogens is 221 g/mol. The van der Waals surface area contributed by atoms with Crippen molar-refractivity contribution in [3.63, 3.8) is 0 Å². The lowest BCUT2D eigenvalue weighted by Gasteiger charge is -2.10. The summed E-state index contributed by atoms with van der Waals surface area (Å²) < 4.78 is 18.0. The van der Waals surface area contributed by atoms with E-state index in [-0.39, 0.29) is 28.4 Å². The lowest BCUT2D eigenvalue weighted by atomic mass is 10.1. The van der Waals surface area contributed by atoms with Gasteiger partial charge in [0.1, 0.15) is 5.82 Å². The summed E-state index contributed by atoms with van der Waals surface area (Å²) in [7, 11) is 0. The van der Waals surface area contributed by atoms with Crippen molar-refractivity contribution < 1.29 is 13.9 Å². The number of esters is 1. The molecule has 0 heterocycles. The number of carbonyl (C=O) groups is 1. The topological polar surface area (TPSA) is 52.3 Å². The molecule has 5 heteroatoms. The molecule has 0 spiro atoms. The first-order valence-electron chi connectivity index (χ1n) is 4.40. The van der Waals surface area contributed by atoms with Gasteiger partial charge in [-0.1, -0.05) is 11.6 Å². The molecule has 0 saturated carbocycles. The van der Waals surface area contributed by atoms with Crippen LogP contribution in [-0.2, 0) is 4.74 Å². The van der Waals surface area contributed by atoms with Crippen molar-refractivity contribution in [3.05, 3.63) is 28.0 Å². The van der Waals surface area contributed by atoms with Gasteiger partial charge in [0.15, 0.2) is 0 Å². The van der Waals surface area contributed by atoms with E-state index in [1.54, 1.807) is 6.92 Å². The monoisotopic (exact) mass is 231 g/mol. The molecular formula is C10H11ClFNO2. The fourth-order valence-corrected chi connectivity index (χ4v) is 1.39. The lowest BCUT2D eigenvalue weighted by molar-refractivity contribution is 0.0526. The molecule has 0 amide bonds. The van der Waals surface area contributed by atoms with Crippen molar-refractivity contribution in [2.75, 3.05) is 12.3 Å². The molecule has 1 rings (SSSR count).